The number of carbonyl (C=O) groups is 4. The zero-order chi connectivity index (χ0) is 19.6. The first kappa shape index (κ1) is 18.1. The van der Waals surface area contributed by atoms with Crippen molar-refractivity contribution in [1.82, 2.24) is 5.32 Å². The number of fused-ring (bicyclic) bond motifs is 1. The minimum Gasteiger partial charge on any atom is -0.497 e. The molecule has 1 aliphatic heterocycles. The number of methoxy groups -OCH3 is 2. The van der Waals surface area contributed by atoms with Gasteiger partial charge in [0.25, 0.3) is 11.8 Å². The molecule has 1 aliphatic rings. The molecule has 2 aromatic carbocycles. The van der Waals surface area contributed by atoms with Crippen LogP contribution in [0.4, 0.5) is 0 Å². The Labute approximate surface area is 154 Å². The predicted octanol–water partition coefficient (Wildman–Crippen LogP) is 2.26. The molecule has 3 rings (SSSR count). The van der Waals surface area contributed by atoms with Crippen LogP contribution in [0.1, 0.15) is 47.0 Å². The van der Waals surface area contributed by atoms with E-state index in [0.717, 1.165) is 12.7 Å². The van der Waals surface area contributed by atoms with E-state index in [1.807, 2.05) is 0 Å². The van der Waals surface area contributed by atoms with E-state index >= 15 is 0 Å². The van der Waals surface area contributed by atoms with E-state index in [4.69, 9.17) is 4.74 Å². The second-order valence-electron chi connectivity index (χ2n) is 5.69. The highest BCUT2D eigenvalue weighted by Gasteiger charge is 2.33. The van der Waals surface area contributed by atoms with E-state index in [9.17, 15) is 19.2 Å². The smallest absolute Gasteiger partial charge is 0.338 e. The van der Waals surface area contributed by atoms with E-state index in [0.29, 0.717) is 5.75 Å². The number of nitrogens with one attached hydrogen (secondary N) is 1. The van der Waals surface area contributed by atoms with Crippen LogP contribution in [0.5, 0.6) is 5.75 Å². The lowest BCUT2D eigenvalue weighted by Crippen LogP contribution is -2.20. The number of carbonyl (C=O) groups excluding carboxylic acids is 4. The standard InChI is InChI=1S/C20H15NO6/c1-26-13-6-3-11(4-7-13)5-8-16(22)12-9-14-17(19(24)21-18(14)23)15(10-12)20(25)27-2/h3-10H,1-2H3,(H,21,23,24)/b8-5+. The van der Waals surface area contributed by atoms with Gasteiger partial charge in [-0.05, 0) is 35.9 Å². The molecule has 0 unspecified atom stereocenters. The number of ketones is 1. The highest BCUT2D eigenvalue weighted by atomic mass is 16.5. The van der Waals surface area contributed by atoms with Gasteiger partial charge < -0.3 is 9.47 Å². The topological polar surface area (TPSA) is 98.8 Å². The zero-order valence-corrected chi connectivity index (χ0v) is 14.6. The fourth-order valence-corrected chi connectivity index (χ4v) is 2.70. The molecule has 0 saturated carbocycles. The lowest BCUT2D eigenvalue weighted by Gasteiger charge is -2.06. The maximum absolute atomic E-state index is 12.5. The molecule has 136 valence electrons. The Morgan fingerprint density at radius 3 is 2.33 bits per heavy atom. The van der Waals surface area contributed by atoms with Gasteiger partial charge in [-0.15, -0.1) is 0 Å². The Morgan fingerprint density at radius 1 is 1.00 bits per heavy atom. The van der Waals surface area contributed by atoms with Crippen LogP contribution in [-0.4, -0.2) is 37.8 Å². The quantitative estimate of drug-likeness (QED) is 0.378. The van der Waals surface area contributed by atoms with Gasteiger partial charge in [-0.2, -0.15) is 0 Å². The van der Waals surface area contributed by atoms with Gasteiger partial charge >= 0.3 is 5.97 Å². The molecule has 0 aliphatic carbocycles. The van der Waals surface area contributed by atoms with Gasteiger partial charge in [0.2, 0.25) is 0 Å². The SMILES string of the molecule is COC(=O)c1cc(C(=O)/C=C/c2ccc(OC)cc2)cc2c1C(=O)NC2=O. The molecule has 1 heterocycles. The van der Waals surface area contributed by atoms with Crippen molar-refractivity contribution < 1.29 is 28.7 Å². The molecule has 0 aromatic heterocycles. The van der Waals surface area contributed by atoms with Crippen LogP contribution < -0.4 is 10.1 Å². The van der Waals surface area contributed by atoms with E-state index in [1.165, 1.54) is 18.2 Å². The predicted molar refractivity (Wildman–Crippen MR) is 95.9 cm³/mol. The van der Waals surface area contributed by atoms with Gasteiger partial charge in [-0.1, -0.05) is 18.2 Å². The molecule has 0 bridgehead atoms. The number of amides is 2. The third kappa shape index (κ3) is 3.48. The van der Waals surface area contributed by atoms with Crippen LogP contribution >= 0.6 is 0 Å². The number of hydrogen-bond donors (Lipinski definition) is 1. The molecule has 0 atom stereocenters. The van der Waals surface area contributed by atoms with Gasteiger partial charge in [0, 0.05) is 5.56 Å². The zero-order valence-electron chi connectivity index (χ0n) is 14.6. The molecule has 0 spiro atoms. The van der Waals surface area contributed by atoms with Crippen molar-refractivity contribution >= 4 is 29.6 Å². The van der Waals surface area contributed by atoms with Gasteiger partial charge in [0.1, 0.15) is 5.75 Å². The third-order valence-electron chi connectivity index (χ3n) is 4.07. The van der Waals surface area contributed by atoms with Gasteiger partial charge in [-0.25, -0.2) is 4.79 Å². The Bertz CT molecular complexity index is 988. The number of esters is 1. The fourth-order valence-electron chi connectivity index (χ4n) is 2.70. The van der Waals surface area contributed by atoms with Crippen molar-refractivity contribution in [3.05, 3.63) is 70.3 Å². The number of hydrogen-bond acceptors (Lipinski definition) is 6. The molecule has 7 heteroatoms. The van der Waals surface area contributed by atoms with E-state index in [1.54, 1.807) is 37.5 Å². The molecule has 0 saturated heterocycles. The molecule has 27 heavy (non-hydrogen) atoms. The van der Waals surface area contributed by atoms with Gasteiger partial charge in [-0.3, -0.25) is 19.7 Å². The van der Waals surface area contributed by atoms with Crippen LogP contribution in [-0.2, 0) is 4.74 Å². The molecular formula is C20H15NO6. The summed E-state index contributed by atoms with van der Waals surface area (Å²) in [5.74, 6) is -1.89. The number of benzene rings is 2. The van der Waals surface area contributed by atoms with Gasteiger partial charge in [0.15, 0.2) is 5.78 Å². The Hall–Kier alpha value is -3.74. The average Bonchev–Trinajstić information content (AvgIpc) is 2.99. The molecule has 7 nitrogen and oxygen atoms in total. The first-order valence-electron chi connectivity index (χ1n) is 7.93. The van der Waals surface area contributed by atoms with Crippen LogP contribution in [0.15, 0.2) is 42.5 Å². The van der Waals surface area contributed by atoms with E-state index in [-0.39, 0.29) is 22.3 Å². The monoisotopic (exact) mass is 365 g/mol. The lowest BCUT2D eigenvalue weighted by atomic mass is 9.96. The Balaban J connectivity index is 1.96. The largest absolute Gasteiger partial charge is 0.497 e. The third-order valence-corrected chi connectivity index (χ3v) is 4.07. The van der Waals surface area contributed by atoms with E-state index < -0.39 is 23.6 Å². The maximum atomic E-state index is 12.5. The number of ether oxygens (including phenoxy) is 2. The first-order valence-corrected chi connectivity index (χ1v) is 7.93. The number of imide groups is 1. The van der Waals surface area contributed by atoms with Crippen molar-refractivity contribution in [2.45, 2.75) is 0 Å². The molecule has 0 radical (unpaired) electrons. The summed E-state index contributed by atoms with van der Waals surface area (Å²) in [6.07, 6.45) is 2.91. The molecule has 1 N–H and O–H groups in total. The van der Waals surface area contributed by atoms with Crippen LogP contribution in [0, 0.1) is 0 Å². The summed E-state index contributed by atoms with van der Waals surface area (Å²) < 4.78 is 9.73. The summed E-state index contributed by atoms with van der Waals surface area (Å²) in [4.78, 5) is 48.3. The fraction of sp³-hybridized carbons (Fsp3) is 0.100. The summed E-state index contributed by atoms with van der Waals surface area (Å²) in [5, 5.41) is 2.11. The maximum Gasteiger partial charge on any atom is 0.338 e. The second kappa shape index (κ2) is 7.25. The minimum atomic E-state index is -0.801. The van der Waals surface area contributed by atoms with Gasteiger partial charge in [0.05, 0.1) is 30.9 Å². The first-order chi connectivity index (χ1) is 12.9. The Kier molecular flexibility index (Phi) is 4.85. The van der Waals surface area contributed by atoms with Crippen molar-refractivity contribution in [2.24, 2.45) is 0 Å². The highest BCUT2D eigenvalue weighted by Crippen LogP contribution is 2.24. The summed E-state index contributed by atoms with van der Waals surface area (Å²) >= 11 is 0. The second-order valence-corrected chi connectivity index (χ2v) is 5.69. The molecule has 0 fully saturated rings. The van der Waals surface area contributed by atoms with Crippen molar-refractivity contribution in [3.8, 4) is 5.75 Å². The number of allylic oxidation sites excluding steroid dienone is 1. The molecule has 2 aromatic rings. The van der Waals surface area contributed by atoms with Crippen molar-refractivity contribution in [2.75, 3.05) is 14.2 Å². The summed E-state index contributed by atoms with van der Waals surface area (Å²) in [7, 11) is 2.71. The number of rotatable bonds is 5. The summed E-state index contributed by atoms with van der Waals surface area (Å²) in [5.41, 5.74) is 0.640. The van der Waals surface area contributed by atoms with Crippen LogP contribution in [0.25, 0.3) is 6.08 Å². The average molecular weight is 365 g/mol. The van der Waals surface area contributed by atoms with Crippen LogP contribution in [0.3, 0.4) is 0 Å². The Morgan fingerprint density at radius 2 is 1.70 bits per heavy atom. The molecular weight excluding hydrogens is 350 g/mol. The van der Waals surface area contributed by atoms with Crippen molar-refractivity contribution in [3.63, 3.8) is 0 Å². The molecule has 2 amide bonds. The summed E-state index contributed by atoms with van der Waals surface area (Å²) in [6.45, 7) is 0. The van der Waals surface area contributed by atoms with Crippen molar-refractivity contribution in [1.29, 1.82) is 0 Å². The van der Waals surface area contributed by atoms with E-state index in [2.05, 4.69) is 10.1 Å². The normalized spacial score (nSPS) is 12.7. The minimum absolute atomic E-state index is 0.0240. The lowest BCUT2D eigenvalue weighted by molar-refractivity contribution is 0.0596. The highest BCUT2D eigenvalue weighted by molar-refractivity contribution is 6.25. The summed E-state index contributed by atoms with van der Waals surface area (Å²) in [6, 6.07) is 9.61. The van der Waals surface area contributed by atoms with Crippen LogP contribution in [0.2, 0.25) is 0 Å².